The molecule has 0 saturated carbocycles. The Morgan fingerprint density at radius 2 is 1.85 bits per heavy atom. The van der Waals surface area contributed by atoms with Gasteiger partial charge in [0.25, 0.3) is 0 Å². The number of rotatable bonds is 3. The Morgan fingerprint density at radius 1 is 1.25 bits per heavy atom. The van der Waals surface area contributed by atoms with Crippen LogP contribution in [0.5, 0.6) is 0 Å². The number of ketones is 2. The first-order chi connectivity index (χ1) is 9.11. The highest BCUT2D eigenvalue weighted by molar-refractivity contribution is 5.99. The van der Waals surface area contributed by atoms with Crippen molar-refractivity contribution in [1.29, 1.82) is 0 Å². The molecule has 20 heavy (non-hydrogen) atoms. The van der Waals surface area contributed by atoms with Gasteiger partial charge in [0.1, 0.15) is 17.2 Å². The number of hydrogen-bond acceptors (Lipinski definition) is 4. The molecule has 114 valence electrons. The quantitative estimate of drug-likeness (QED) is 0.747. The maximum absolute atomic E-state index is 12.1. The molecule has 0 spiro atoms. The van der Waals surface area contributed by atoms with Gasteiger partial charge in [0, 0.05) is 18.5 Å². The highest BCUT2D eigenvalue weighted by atomic mass is 16.6. The van der Waals surface area contributed by atoms with Crippen molar-refractivity contribution in [1.82, 2.24) is 4.90 Å². The second-order valence-electron chi connectivity index (χ2n) is 6.51. The molecule has 0 unspecified atom stereocenters. The summed E-state index contributed by atoms with van der Waals surface area (Å²) in [7, 11) is 0. The summed E-state index contributed by atoms with van der Waals surface area (Å²) in [5, 5.41) is 0. The molecule has 5 nitrogen and oxygen atoms in total. The van der Waals surface area contributed by atoms with Gasteiger partial charge < -0.3 is 9.64 Å². The van der Waals surface area contributed by atoms with Crippen LogP contribution in [0.2, 0.25) is 0 Å². The van der Waals surface area contributed by atoms with Crippen LogP contribution in [0.25, 0.3) is 0 Å². The standard InChI is InChI=1S/C15H25NO4/c1-10(17)9-13(18)12-7-6-8-16(11(12)2)14(19)20-15(3,4)5/h11-12H,6-9H2,1-5H3/t11-,12-/m1/s1. The van der Waals surface area contributed by atoms with E-state index in [-0.39, 0.29) is 36.0 Å². The third-order valence-electron chi connectivity index (χ3n) is 3.45. The van der Waals surface area contributed by atoms with Crippen LogP contribution in [0.15, 0.2) is 0 Å². The Morgan fingerprint density at radius 3 is 2.35 bits per heavy atom. The van der Waals surface area contributed by atoms with Gasteiger partial charge in [-0.05, 0) is 47.5 Å². The van der Waals surface area contributed by atoms with Gasteiger partial charge in [-0.2, -0.15) is 0 Å². The molecule has 1 aliphatic heterocycles. The first-order valence-corrected chi connectivity index (χ1v) is 7.13. The summed E-state index contributed by atoms with van der Waals surface area (Å²) >= 11 is 0. The summed E-state index contributed by atoms with van der Waals surface area (Å²) in [5.41, 5.74) is -0.548. The second-order valence-corrected chi connectivity index (χ2v) is 6.51. The minimum atomic E-state index is -0.548. The van der Waals surface area contributed by atoms with Crippen molar-refractivity contribution < 1.29 is 19.1 Å². The molecule has 0 bridgehead atoms. The Balaban J connectivity index is 2.73. The Labute approximate surface area is 120 Å². The maximum Gasteiger partial charge on any atom is 0.410 e. The van der Waals surface area contributed by atoms with Crippen LogP contribution >= 0.6 is 0 Å². The number of carbonyl (C=O) groups excluding carboxylic acids is 3. The number of likely N-dealkylation sites (tertiary alicyclic amines) is 1. The van der Waals surface area contributed by atoms with E-state index < -0.39 is 5.60 Å². The second kappa shape index (κ2) is 6.37. The van der Waals surface area contributed by atoms with E-state index in [1.54, 1.807) is 4.90 Å². The first-order valence-electron chi connectivity index (χ1n) is 7.13. The van der Waals surface area contributed by atoms with Crippen LogP contribution in [0.1, 0.15) is 53.9 Å². The van der Waals surface area contributed by atoms with Gasteiger partial charge in [0.15, 0.2) is 0 Å². The molecule has 2 atom stereocenters. The average Bonchev–Trinajstić information content (AvgIpc) is 2.25. The van der Waals surface area contributed by atoms with Gasteiger partial charge >= 0.3 is 6.09 Å². The number of piperidine rings is 1. The molecule has 1 saturated heterocycles. The highest BCUT2D eigenvalue weighted by Gasteiger charge is 2.37. The SMILES string of the molecule is CC(=O)CC(=O)[C@@H]1CCCN(C(=O)OC(C)(C)C)[C@@H]1C. The lowest BCUT2D eigenvalue weighted by molar-refractivity contribution is -0.130. The zero-order chi connectivity index (χ0) is 15.5. The van der Waals surface area contributed by atoms with E-state index >= 15 is 0 Å². The Kier molecular flexibility index (Phi) is 5.31. The topological polar surface area (TPSA) is 63.7 Å². The van der Waals surface area contributed by atoms with E-state index in [9.17, 15) is 14.4 Å². The van der Waals surface area contributed by atoms with Crippen molar-refractivity contribution in [2.24, 2.45) is 5.92 Å². The Hall–Kier alpha value is -1.39. The molecule has 5 heteroatoms. The monoisotopic (exact) mass is 283 g/mol. The molecule has 0 aromatic rings. The molecule has 0 radical (unpaired) electrons. The van der Waals surface area contributed by atoms with Crippen LogP contribution in [-0.2, 0) is 14.3 Å². The fourth-order valence-corrected chi connectivity index (χ4v) is 2.53. The van der Waals surface area contributed by atoms with Crippen molar-refractivity contribution in [2.45, 2.75) is 65.5 Å². The minimum Gasteiger partial charge on any atom is -0.444 e. The molecule has 0 aromatic carbocycles. The van der Waals surface area contributed by atoms with Gasteiger partial charge in [0.2, 0.25) is 0 Å². The first kappa shape index (κ1) is 16.7. The summed E-state index contributed by atoms with van der Waals surface area (Å²) in [5.74, 6) is -0.463. The normalized spacial score (nSPS) is 23.4. The molecular weight excluding hydrogens is 258 g/mol. The number of amides is 1. The van der Waals surface area contributed by atoms with Gasteiger partial charge in [-0.15, -0.1) is 0 Å². The third-order valence-corrected chi connectivity index (χ3v) is 3.45. The van der Waals surface area contributed by atoms with Gasteiger partial charge in [-0.1, -0.05) is 0 Å². The van der Waals surface area contributed by atoms with E-state index in [4.69, 9.17) is 4.74 Å². The summed E-state index contributed by atoms with van der Waals surface area (Å²) < 4.78 is 5.37. The van der Waals surface area contributed by atoms with E-state index in [2.05, 4.69) is 0 Å². The third kappa shape index (κ3) is 4.62. The summed E-state index contributed by atoms with van der Waals surface area (Å²) in [6.07, 6.45) is 1.06. The van der Waals surface area contributed by atoms with Crippen LogP contribution in [-0.4, -0.2) is 40.7 Å². The minimum absolute atomic E-state index is 0.0445. The smallest absolute Gasteiger partial charge is 0.410 e. The molecule has 0 N–H and O–H groups in total. The molecule has 0 aliphatic carbocycles. The summed E-state index contributed by atoms with van der Waals surface area (Å²) in [6.45, 7) is 9.32. The summed E-state index contributed by atoms with van der Waals surface area (Å²) in [4.78, 5) is 36.9. The predicted molar refractivity (Wildman–Crippen MR) is 75.4 cm³/mol. The molecule has 1 aliphatic rings. The molecule has 1 amide bonds. The molecule has 1 fully saturated rings. The largest absolute Gasteiger partial charge is 0.444 e. The molecule has 1 heterocycles. The predicted octanol–water partition coefficient (Wildman–Crippen LogP) is 2.57. The number of ether oxygens (including phenoxy) is 1. The molecule has 1 rings (SSSR count). The fourth-order valence-electron chi connectivity index (χ4n) is 2.53. The Bertz CT molecular complexity index is 397. The van der Waals surface area contributed by atoms with Crippen LogP contribution in [0.3, 0.4) is 0 Å². The van der Waals surface area contributed by atoms with Gasteiger partial charge in [0.05, 0.1) is 6.42 Å². The van der Waals surface area contributed by atoms with Crippen LogP contribution in [0, 0.1) is 5.92 Å². The number of Topliss-reactive ketones (excluding diaryl/α,β-unsaturated/α-hetero) is 2. The molecular formula is C15H25NO4. The zero-order valence-electron chi connectivity index (χ0n) is 13.1. The maximum atomic E-state index is 12.1. The number of hydrogen-bond donors (Lipinski definition) is 0. The summed E-state index contributed by atoms with van der Waals surface area (Å²) in [6, 6.07) is -0.217. The zero-order valence-corrected chi connectivity index (χ0v) is 13.1. The van der Waals surface area contributed by atoms with Crippen molar-refractivity contribution >= 4 is 17.7 Å². The lowest BCUT2D eigenvalue weighted by atomic mass is 9.85. The average molecular weight is 283 g/mol. The van der Waals surface area contributed by atoms with E-state index in [0.29, 0.717) is 6.54 Å². The fraction of sp³-hybridized carbons (Fsp3) is 0.800. The number of nitrogens with zero attached hydrogens (tertiary/aromatic N) is 1. The number of carbonyl (C=O) groups is 3. The molecule has 0 aromatic heterocycles. The van der Waals surface area contributed by atoms with Crippen molar-refractivity contribution in [3.8, 4) is 0 Å². The van der Waals surface area contributed by atoms with Gasteiger partial charge in [-0.3, -0.25) is 9.59 Å². The van der Waals surface area contributed by atoms with Crippen LogP contribution in [0.4, 0.5) is 4.79 Å². The van der Waals surface area contributed by atoms with Crippen LogP contribution < -0.4 is 0 Å². The lowest BCUT2D eigenvalue weighted by Gasteiger charge is -2.39. The van der Waals surface area contributed by atoms with Crippen molar-refractivity contribution in [3.63, 3.8) is 0 Å². The van der Waals surface area contributed by atoms with Crippen molar-refractivity contribution in [2.75, 3.05) is 6.54 Å². The van der Waals surface area contributed by atoms with E-state index in [1.807, 2.05) is 27.7 Å². The van der Waals surface area contributed by atoms with Gasteiger partial charge in [-0.25, -0.2) is 4.79 Å². The highest BCUT2D eigenvalue weighted by Crippen LogP contribution is 2.27. The van der Waals surface area contributed by atoms with E-state index in [0.717, 1.165) is 12.8 Å². The lowest BCUT2D eigenvalue weighted by Crippen LogP contribution is -2.50. The van der Waals surface area contributed by atoms with Crippen molar-refractivity contribution in [3.05, 3.63) is 0 Å². The van der Waals surface area contributed by atoms with E-state index in [1.165, 1.54) is 6.92 Å².